The summed E-state index contributed by atoms with van der Waals surface area (Å²) in [7, 11) is 0. The molecule has 0 saturated heterocycles. The van der Waals surface area contributed by atoms with Gasteiger partial charge in [0.05, 0.1) is 0 Å². The second-order valence-corrected chi connectivity index (χ2v) is 5.00. The van der Waals surface area contributed by atoms with E-state index in [0.29, 0.717) is 10.8 Å². The Bertz CT molecular complexity index is 719. The van der Waals surface area contributed by atoms with Crippen LogP contribution in [0, 0.1) is 6.92 Å². The van der Waals surface area contributed by atoms with E-state index in [1.165, 1.54) is 11.8 Å². The minimum atomic E-state index is 0.552. The third-order valence-electron chi connectivity index (χ3n) is 2.65. The molecule has 3 aromatic rings. The van der Waals surface area contributed by atoms with E-state index >= 15 is 0 Å². The fourth-order valence-corrected chi connectivity index (χ4v) is 2.50. The molecular weight excluding hydrogens is 260 g/mol. The van der Waals surface area contributed by atoms with Gasteiger partial charge in [-0.25, -0.2) is 9.97 Å². The number of carbonyl (C=O) groups excluding carboxylic acids is 1. The molecule has 3 rings (SSSR count). The molecular formula is C14H10N2O2S. The maximum absolute atomic E-state index is 10.7. The first-order chi connectivity index (χ1) is 9.26. The Morgan fingerprint density at radius 2 is 2.16 bits per heavy atom. The monoisotopic (exact) mass is 270 g/mol. The van der Waals surface area contributed by atoms with Gasteiger partial charge in [0.25, 0.3) is 5.22 Å². The van der Waals surface area contributed by atoms with Crippen molar-refractivity contribution in [3.8, 4) is 0 Å². The van der Waals surface area contributed by atoms with Crippen LogP contribution in [0.1, 0.15) is 15.9 Å². The highest BCUT2D eigenvalue weighted by Crippen LogP contribution is 2.30. The number of nitrogens with zero attached hydrogens (tertiary/aromatic N) is 2. The predicted octanol–water partition coefficient (Wildman–Crippen LogP) is 3.49. The minimum Gasteiger partial charge on any atom is -0.431 e. The lowest BCUT2D eigenvalue weighted by molar-refractivity contribution is 0.112. The van der Waals surface area contributed by atoms with E-state index < -0.39 is 0 Å². The average molecular weight is 270 g/mol. The summed E-state index contributed by atoms with van der Waals surface area (Å²) < 4.78 is 5.63. The molecule has 2 aromatic heterocycles. The number of hydrogen-bond acceptors (Lipinski definition) is 5. The summed E-state index contributed by atoms with van der Waals surface area (Å²) in [6, 6.07) is 9.40. The van der Waals surface area contributed by atoms with Crippen molar-refractivity contribution in [2.24, 2.45) is 0 Å². The van der Waals surface area contributed by atoms with Gasteiger partial charge in [-0.05, 0) is 42.4 Å². The molecule has 0 amide bonds. The highest BCUT2D eigenvalue weighted by molar-refractivity contribution is 7.99. The molecule has 2 heterocycles. The van der Waals surface area contributed by atoms with Gasteiger partial charge in [0, 0.05) is 11.8 Å². The van der Waals surface area contributed by atoms with Gasteiger partial charge in [-0.2, -0.15) is 0 Å². The van der Waals surface area contributed by atoms with Crippen molar-refractivity contribution in [3.05, 3.63) is 47.7 Å². The normalized spacial score (nSPS) is 10.8. The molecule has 0 bridgehead atoms. The minimum absolute atomic E-state index is 0.552. The van der Waals surface area contributed by atoms with Crippen LogP contribution in [0.3, 0.4) is 0 Å². The number of aryl methyl sites for hydroxylation is 1. The van der Waals surface area contributed by atoms with Crippen molar-refractivity contribution in [3.63, 3.8) is 0 Å². The number of fused-ring (bicyclic) bond motifs is 1. The molecule has 4 nitrogen and oxygen atoms in total. The van der Waals surface area contributed by atoms with Crippen LogP contribution in [-0.4, -0.2) is 16.3 Å². The second kappa shape index (κ2) is 4.85. The molecule has 0 aliphatic carbocycles. The average Bonchev–Trinajstić information content (AvgIpc) is 2.83. The lowest BCUT2D eigenvalue weighted by atomic mass is 10.2. The van der Waals surface area contributed by atoms with Crippen LogP contribution in [-0.2, 0) is 0 Å². The smallest absolute Gasteiger partial charge is 0.263 e. The van der Waals surface area contributed by atoms with Gasteiger partial charge >= 0.3 is 0 Å². The number of para-hydroxylation sites is 2. The van der Waals surface area contributed by atoms with Gasteiger partial charge in [0.1, 0.15) is 10.5 Å². The van der Waals surface area contributed by atoms with Crippen LogP contribution < -0.4 is 0 Å². The zero-order valence-electron chi connectivity index (χ0n) is 10.2. The Morgan fingerprint density at radius 3 is 2.89 bits per heavy atom. The molecule has 0 spiro atoms. The lowest BCUT2D eigenvalue weighted by Crippen LogP contribution is -1.89. The second-order valence-electron chi connectivity index (χ2n) is 4.06. The largest absolute Gasteiger partial charge is 0.431 e. The third kappa shape index (κ3) is 2.37. The van der Waals surface area contributed by atoms with Crippen LogP contribution in [0.5, 0.6) is 0 Å². The Morgan fingerprint density at radius 1 is 1.32 bits per heavy atom. The number of rotatable bonds is 3. The first-order valence-electron chi connectivity index (χ1n) is 5.71. The van der Waals surface area contributed by atoms with Crippen LogP contribution in [0.4, 0.5) is 0 Å². The molecule has 0 N–H and O–H groups in total. The zero-order chi connectivity index (χ0) is 13.2. The van der Waals surface area contributed by atoms with E-state index in [1.807, 2.05) is 31.2 Å². The van der Waals surface area contributed by atoms with Crippen LogP contribution in [0.15, 0.2) is 51.2 Å². The van der Waals surface area contributed by atoms with Crippen molar-refractivity contribution in [2.75, 3.05) is 0 Å². The fraction of sp³-hybridized carbons (Fsp3) is 0.0714. The zero-order valence-corrected chi connectivity index (χ0v) is 11.0. The van der Waals surface area contributed by atoms with E-state index in [-0.39, 0.29) is 0 Å². The number of benzene rings is 1. The van der Waals surface area contributed by atoms with Gasteiger partial charge < -0.3 is 4.42 Å². The van der Waals surface area contributed by atoms with E-state index in [4.69, 9.17) is 4.42 Å². The Labute approximate surface area is 113 Å². The van der Waals surface area contributed by atoms with Crippen molar-refractivity contribution in [1.29, 1.82) is 0 Å². The predicted molar refractivity (Wildman–Crippen MR) is 72.5 cm³/mol. The van der Waals surface area contributed by atoms with Gasteiger partial charge in [-0.3, -0.25) is 4.79 Å². The molecule has 0 unspecified atom stereocenters. The molecule has 0 saturated carbocycles. The summed E-state index contributed by atoms with van der Waals surface area (Å²) in [6.07, 6.45) is 2.33. The van der Waals surface area contributed by atoms with E-state index in [9.17, 15) is 4.79 Å². The highest BCUT2D eigenvalue weighted by atomic mass is 32.2. The third-order valence-corrected chi connectivity index (χ3v) is 3.62. The molecule has 94 valence electrons. The summed E-state index contributed by atoms with van der Waals surface area (Å²) in [5, 5.41) is 1.34. The Hall–Kier alpha value is -2.14. The Kier molecular flexibility index (Phi) is 3.05. The highest BCUT2D eigenvalue weighted by Gasteiger charge is 2.10. The molecule has 0 aliphatic heterocycles. The molecule has 19 heavy (non-hydrogen) atoms. The first kappa shape index (κ1) is 11.9. The maximum Gasteiger partial charge on any atom is 0.263 e. The first-order valence-corrected chi connectivity index (χ1v) is 6.53. The van der Waals surface area contributed by atoms with Crippen molar-refractivity contribution < 1.29 is 9.21 Å². The summed E-state index contributed by atoms with van der Waals surface area (Å²) in [5.74, 6) is 0. The fourth-order valence-electron chi connectivity index (χ4n) is 1.73. The number of aldehydes is 1. The number of hydrogen-bond donors (Lipinski definition) is 0. The van der Waals surface area contributed by atoms with E-state index in [0.717, 1.165) is 28.0 Å². The number of pyridine rings is 1. The molecule has 1 aromatic carbocycles. The van der Waals surface area contributed by atoms with Gasteiger partial charge in [0.15, 0.2) is 11.9 Å². The lowest BCUT2D eigenvalue weighted by Gasteiger charge is -2.01. The topological polar surface area (TPSA) is 56.0 Å². The summed E-state index contributed by atoms with van der Waals surface area (Å²) in [5.41, 5.74) is 3.08. The van der Waals surface area contributed by atoms with E-state index in [2.05, 4.69) is 9.97 Å². The SMILES string of the molecule is Cc1cc(C=O)cnc1Sc1nc2ccccc2o1. The number of carbonyl (C=O) groups is 1. The number of aromatic nitrogens is 2. The number of oxazole rings is 1. The van der Waals surface area contributed by atoms with Gasteiger partial charge in [-0.1, -0.05) is 12.1 Å². The molecule has 0 atom stereocenters. The van der Waals surface area contributed by atoms with E-state index in [1.54, 1.807) is 12.3 Å². The molecule has 0 fully saturated rings. The standard InChI is InChI=1S/C14H10N2O2S/c1-9-6-10(8-17)7-15-13(9)19-14-16-11-4-2-3-5-12(11)18-14/h2-8H,1H3. The molecule has 0 radical (unpaired) electrons. The Balaban J connectivity index is 1.94. The summed E-state index contributed by atoms with van der Waals surface area (Å²) >= 11 is 1.35. The van der Waals surface area contributed by atoms with Gasteiger partial charge in [0.2, 0.25) is 0 Å². The van der Waals surface area contributed by atoms with Crippen molar-refractivity contribution >= 4 is 29.1 Å². The maximum atomic E-state index is 10.7. The quantitative estimate of drug-likeness (QED) is 0.682. The molecule has 5 heteroatoms. The van der Waals surface area contributed by atoms with Crippen LogP contribution in [0.25, 0.3) is 11.1 Å². The molecule has 0 aliphatic rings. The summed E-state index contributed by atoms with van der Waals surface area (Å²) in [4.78, 5) is 19.3. The van der Waals surface area contributed by atoms with Gasteiger partial charge in [-0.15, -0.1) is 0 Å². The van der Waals surface area contributed by atoms with Crippen LogP contribution >= 0.6 is 11.8 Å². The van der Waals surface area contributed by atoms with Crippen molar-refractivity contribution in [2.45, 2.75) is 17.2 Å². The summed E-state index contributed by atoms with van der Waals surface area (Å²) in [6.45, 7) is 1.91. The van der Waals surface area contributed by atoms with Crippen LogP contribution in [0.2, 0.25) is 0 Å². The van der Waals surface area contributed by atoms with Crippen molar-refractivity contribution in [1.82, 2.24) is 9.97 Å².